The van der Waals surface area contributed by atoms with E-state index in [1.54, 1.807) is 0 Å². The van der Waals surface area contributed by atoms with Crippen molar-refractivity contribution in [3.8, 4) is 0 Å². The molecule has 3 aromatic rings. The second-order valence-corrected chi connectivity index (χ2v) is 6.61. The lowest BCUT2D eigenvalue weighted by Gasteiger charge is -2.36. The first-order valence-electron chi connectivity index (χ1n) is 8.93. The summed E-state index contributed by atoms with van der Waals surface area (Å²) in [5, 5.41) is 1.10. The number of H-pyrrole nitrogens is 1. The van der Waals surface area contributed by atoms with Crippen molar-refractivity contribution in [1.29, 1.82) is 0 Å². The van der Waals surface area contributed by atoms with Crippen LogP contribution in [0.5, 0.6) is 0 Å². The van der Waals surface area contributed by atoms with Crippen LogP contribution in [0.3, 0.4) is 0 Å². The van der Waals surface area contributed by atoms with Gasteiger partial charge in [-0.3, -0.25) is 9.69 Å². The smallest absolute Gasteiger partial charge is 0.180 e. The number of anilines is 1. The van der Waals surface area contributed by atoms with Gasteiger partial charge in [0.05, 0.1) is 5.69 Å². The minimum atomic E-state index is 0.196. The van der Waals surface area contributed by atoms with Crippen molar-refractivity contribution in [3.05, 3.63) is 66.4 Å². The number of nitrogens with one attached hydrogen (secondary N) is 1. The Hall–Kier alpha value is -2.59. The molecule has 0 amide bonds. The fourth-order valence-corrected chi connectivity index (χ4v) is 3.49. The Morgan fingerprint density at radius 2 is 1.64 bits per heavy atom. The number of nitrogens with zero attached hydrogens (tertiary/aromatic N) is 2. The van der Waals surface area contributed by atoms with E-state index in [0.717, 1.165) is 49.3 Å². The highest BCUT2D eigenvalue weighted by Crippen LogP contribution is 2.17. The first-order chi connectivity index (χ1) is 12.3. The van der Waals surface area contributed by atoms with Crippen molar-refractivity contribution in [3.63, 3.8) is 0 Å². The minimum Gasteiger partial charge on any atom is -0.369 e. The largest absolute Gasteiger partial charge is 0.369 e. The Bertz CT molecular complexity index is 815. The molecular weight excluding hydrogens is 310 g/mol. The van der Waals surface area contributed by atoms with Gasteiger partial charge in [0.25, 0.3) is 0 Å². The van der Waals surface area contributed by atoms with E-state index in [9.17, 15) is 4.79 Å². The molecule has 0 spiro atoms. The highest BCUT2D eigenvalue weighted by Gasteiger charge is 2.18. The molecular formula is C21H23N3O. The molecule has 4 heteroatoms. The fraction of sp³-hybridized carbons (Fsp3) is 0.286. The number of ketones is 1. The quantitative estimate of drug-likeness (QED) is 0.726. The van der Waals surface area contributed by atoms with Gasteiger partial charge in [-0.25, -0.2) is 0 Å². The predicted octanol–water partition coefficient (Wildman–Crippen LogP) is 3.56. The number of Topliss-reactive ketones (excluding diaryl/α,β-unsaturated/α-hetero) is 1. The van der Waals surface area contributed by atoms with Crippen LogP contribution in [0, 0.1) is 0 Å². The second kappa shape index (κ2) is 7.11. The van der Waals surface area contributed by atoms with Gasteiger partial charge in [0.1, 0.15) is 0 Å². The van der Waals surface area contributed by atoms with Gasteiger partial charge in [0.15, 0.2) is 5.78 Å². The van der Waals surface area contributed by atoms with Gasteiger partial charge >= 0.3 is 0 Å². The average Bonchev–Trinajstić information content (AvgIpc) is 3.11. The molecule has 1 aromatic heterocycles. The first-order valence-corrected chi connectivity index (χ1v) is 8.93. The number of para-hydroxylation sites is 2. The van der Waals surface area contributed by atoms with E-state index >= 15 is 0 Å². The molecule has 2 aromatic carbocycles. The third-order valence-electron chi connectivity index (χ3n) is 4.98. The van der Waals surface area contributed by atoms with E-state index in [1.807, 2.05) is 30.3 Å². The van der Waals surface area contributed by atoms with E-state index in [4.69, 9.17) is 0 Å². The summed E-state index contributed by atoms with van der Waals surface area (Å²) in [5.41, 5.74) is 3.04. The maximum Gasteiger partial charge on any atom is 0.180 e. The Kier molecular flexibility index (Phi) is 4.53. The molecule has 25 heavy (non-hydrogen) atoms. The number of aromatic amines is 1. The summed E-state index contributed by atoms with van der Waals surface area (Å²) in [5.74, 6) is 0.196. The van der Waals surface area contributed by atoms with E-state index in [0.29, 0.717) is 6.42 Å². The Labute approximate surface area is 148 Å². The van der Waals surface area contributed by atoms with Gasteiger partial charge in [-0.15, -0.1) is 0 Å². The van der Waals surface area contributed by atoms with Crippen molar-refractivity contribution in [1.82, 2.24) is 9.88 Å². The number of rotatable bonds is 5. The predicted molar refractivity (Wildman–Crippen MR) is 102 cm³/mol. The summed E-state index contributed by atoms with van der Waals surface area (Å²) in [4.78, 5) is 20.5. The van der Waals surface area contributed by atoms with E-state index in [1.165, 1.54) is 5.69 Å². The SMILES string of the molecule is O=C(CCN1CCN(c2ccccc2)CC1)c1cc2ccccc2[nH]1. The molecule has 0 radical (unpaired) electrons. The number of carbonyl (C=O) groups excluding carboxylic acids is 1. The normalized spacial score (nSPS) is 15.6. The van der Waals surface area contributed by atoms with Crippen LogP contribution in [-0.2, 0) is 0 Å². The van der Waals surface area contributed by atoms with E-state index < -0.39 is 0 Å². The minimum absolute atomic E-state index is 0.196. The van der Waals surface area contributed by atoms with Crippen LogP contribution in [-0.4, -0.2) is 48.4 Å². The van der Waals surface area contributed by atoms with E-state index in [-0.39, 0.29) is 5.78 Å². The highest BCUT2D eigenvalue weighted by molar-refractivity contribution is 5.99. The molecule has 0 aliphatic carbocycles. The monoisotopic (exact) mass is 333 g/mol. The summed E-state index contributed by atoms with van der Waals surface area (Å²) >= 11 is 0. The maximum absolute atomic E-state index is 12.5. The molecule has 4 nitrogen and oxygen atoms in total. The van der Waals surface area contributed by atoms with E-state index in [2.05, 4.69) is 45.1 Å². The fourth-order valence-electron chi connectivity index (χ4n) is 3.49. The molecule has 1 aliphatic rings. The highest BCUT2D eigenvalue weighted by atomic mass is 16.1. The van der Waals surface area contributed by atoms with Crippen molar-refractivity contribution in [2.24, 2.45) is 0 Å². The number of hydrogen-bond donors (Lipinski definition) is 1. The second-order valence-electron chi connectivity index (χ2n) is 6.61. The zero-order valence-electron chi connectivity index (χ0n) is 14.3. The Balaban J connectivity index is 1.29. The number of benzene rings is 2. The molecule has 1 saturated heterocycles. The third kappa shape index (κ3) is 3.59. The lowest BCUT2D eigenvalue weighted by molar-refractivity contribution is 0.0958. The maximum atomic E-state index is 12.5. The van der Waals surface area contributed by atoms with Crippen LogP contribution < -0.4 is 4.90 Å². The zero-order chi connectivity index (χ0) is 17.1. The van der Waals surface area contributed by atoms with Crippen LogP contribution in [0.2, 0.25) is 0 Å². The van der Waals surface area contributed by atoms with Crippen molar-refractivity contribution in [2.75, 3.05) is 37.6 Å². The zero-order valence-corrected chi connectivity index (χ0v) is 14.3. The lowest BCUT2D eigenvalue weighted by atomic mass is 10.2. The molecule has 128 valence electrons. The number of hydrogen-bond acceptors (Lipinski definition) is 3. The lowest BCUT2D eigenvalue weighted by Crippen LogP contribution is -2.46. The molecule has 4 rings (SSSR count). The number of carbonyl (C=O) groups is 1. The molecule has 0 saturated carbocycles. The summed E-state index contributed by atoms with van der Waals surface area (Å²) in [6.45, 7) is 4.88. The Morgan fingerprint density at radius 3 is 2.40 bits per heavy atom. The van der Waals surface area contributed by atoms with Crippen molar-refractivity contribution in [2.45, 2.75) is 6.42 Å². The summed E-state index contributed by atoms with van der Waals surface area (Å²) < 4.78 is 0. The van der Waals surface area contributed by atoms with Gasteiger partial charge in [-0.2, -0.15) is 0 Å². The van der Waals surface area contributed by atoms with Crippen LogP contribution in [0.15, 0.2) is 60.7 Å². The molecule has 0 unspecified atom stereocenters. The van der Waals surface area contributed by atoms with Crippen molar-refractivity contribution >= 4 is 22.4 Å². The number of fused-ring (bicyclic) bond motifs is 1. The van der Waals surface area contributed by atoms with Gasteiger partial charge in [0, 0.05) is 55.7 Å². The molecule has 1 aliphatic heterocycles. The molecule has 0 bridgehead atoms. The summed E-state index contributed by atoms with van der Waals surface area (Å²) in [6.07, 6.45) is 0.568. The van der Waals surface area contributed by atoms with Gasteiger partial charge in [-0.05, 0) is 24.3 Å². The third-order valence-corrected chi connectivity index (χ3v) is 4.98. The van der Waals surface area contributed by atoms with Crippen LogP contribution in [0.1, 0.15) is 16.9 Å². The Morgan fingerprint density at radius 1 is 0.920 bits per heavy atom. The van der Waals surface area contributed by atoms with Crippen LogP contribution >= 0.6 is 0 Å². The topological polar surface area (TPSA) is 39.3 Å². The van der Waals surface area contributed by atoms with Crippen molar-refractivity contribution < 1.29 is 4.79 Å². The average molecular weight is 333 g/mol. The van der Waals surface area contributed by atoms with Gasteiger partial charge < -0.3 is 9.88 Å². The molecule has 1 N–H and O–H groups in total. The summed E-state index contributed by atoms with van der Waals surface area (Å²) in [6, 6.07) is 20.5. The van der Waals surface area contributed by atoms with Crippen LogP contribution in [0.25, 0.3) is 10.9 Å². The summed E-state index contributed by atoms with van der Waals surface area (Å²) in [7, 11) is 0. The molecule has 0 atom stereocenters. The standard InChI is InChI=1S/C21H23N3O/c25-21(20-16-17-6-4-5-9-19(17)22-20)10-11-23-12-14-24(15-13-23)18-7-2-1-3-8-18/h1-9,16,22H,10-15H2. The van der Waals surface area contributed by atoms with Gasteiger partial charge in [-0.1, -0.05) is 36.4 Å². The molecule has 1 fully saturated rings. The number of aromatic nitrogens is 1. The van der Waals surface area contributed by atoms with Gasteiger partial charge in [0.2, 0.25) is 0 Å². The first kappa shape index (κ1) is 15.9. The van der Waals surface area contributed by atoms with Crippen LogP contribution in [0.4, 0.5) is 5.69 Å². The number of piperazine rings is 1. The molecule has 2 heterocycles.